The summed E-state index contributed by atoms with van der Waals surface area (Å²) < 4.78 is 8.00. The van der Waals surface area contributed by atoms with Crippen molar-refractivity contribution in [3.63, 3.8) is 0 Å². The number of hydrogen-bond acceptors (Lipinski definition) is 0. The fourth-order valence-electron chi connectivity index (χ4n) is 15.0. The first-order chi connectivity index (χ1) is 36.0. The highest BCUT2D eigenvalue weighted by atomic mass is 15.1. The Morgan fingerprint density at radius 3 is 1.45 bits per heavy atom. The summed E-state index contributed by atoms with van der Waals surface area (Å²) in [4.78, 5) is 0. The molecule has 0 radical (unpaired) electrons. The van der Waals surface area contributed by atoms with Crippen molar-refractivity contribution in [2.24, 2.45) is 0 Å². The lowest BCUT2D eigenvalue weighted by molar-refractivity contribution is 0.590. The van der Waals surface area contributed by atoms with Crippen LogP contribution in [0.1, 0.15) is 52.7 Å². The molecule has 18 rings (SSSR count). The van der Waals surface area contributed by atoms with Gasteiger partial charge in [-0.1, -0.05) is 175 Å². The van der Waals surface area contributed by atoms with Crippen molar-refractivity contribution in [2.45, 2.75) is 52.4 Å². The average Bonchev–Trinajstić information content (AvgIpc) is 4.05. The molecule has 5 heterocycles. The van der Waals surface area contributed by atoms with Crippen molar-refractivity contribution in [1.82, 2.24) is 13.7 Å². The Morgan fingerprint density at radius 2 is 0.824 bits per heavy atom. The van der Waals surface area contributed by atoms with E-state index < -0.39 is 0 Å². The van der Waals surface area contributed by atoms with E-state index in [1.54, 1.807) is 0 Å². The molecule has 0 fully saturated rings. The normalized spacial score (nSPS) is 13.8. The van der Waals surface area contributed by atoms with Crippen LogP contribution in [0.2, 0.25) is 0 Å². The smallest absolute Gasteiger partial charge is 0.252 e. The molecular weight excluding hydrogens is 894 g/mol. The Kier molecular flexibility index (Phi) is 6.99. The zero-order valence-corrected chi connectivity index (χ0v) is 42.2. The van der Waals surface area contributed by atoms with E-state index >= 15 is 0 Å². The lowest BCUT2D eigenvalue weighted by atomic mass is 9.34. The van der Waals surface area contributed by atoms with Crippen LogP contribution in [0.5, 0.6) is 0 Å². The summed E-state index contributed by atoms with van der Waals surface area (Å²) in [5.74, 6) is 0. The predicted molar refractivity (Wildman–Crippen MR) is 315 cm³/mol. The lowest BCUT2D eigenvalue weighted by Gasteiger charge is -2.35. The maximum Gasteiger partial charge on any atom is 0.252 e. The highest BCUT2D eigenvalue weighted by molar-refractivity contribution is 7.00. The fourth-order valence-corrected chi connectivity index (χ4v) is 15.0. The summed E-state index contributed by atoms with van der Waals surface area (Å²) in [6.07, 6.45) is 0. The van der Waals surface area contributed by atoms with Crippen LogP contribution >= 0.6 is 0 Å². The van der Waals surface area contributed by atoms with Crippen LogP contribution in [0.4, 0.5) is 0 Å². The minimum Gasteiger partial charge on any atom is -0.310 e. The molecule has 3 aromatic heterocycles. The van der Waals surface area contributed by atoms with E-state index in [9.17, 15) is 0 Å². The van der Waals surface area contributed by atoms with Gasteiger partial charge in [-0.3, -0.25) is 0 Å². The SMILES string of the molecule is CC(C)(C)c1ccc2c(c1)c1cc(C(C)(C)C)cc3c1n2-c1cc(-n2c4cccc5c4c4c6c(cccc6ccc42)-c2ccccc2-5)cc2c1B3c1ccc3c4c5c6c(cccc6ccc5n-2c14)-c1ccccc1-3. The summed E-state index contributed by atoms with van der Waals surface area (Å²) in [6, 6.07) is 71.2. The third-order valence-corrected chi connectivity index (χ3v) is 18.2. The summed E-state index contributed by atoms with van der Waals surface area (Å²) >= 11 is 0. The molecule has 0 unspecified atom stereocenters. The Morgan fingerprint density at radius 1 is 0.324 bits per heavy atom. The number of nitrogens with zero attached hydrogens (tertiary/aromatic N) is 3. The molecule has 74 heavy (non-hydrogen) atoms. The van der Waals surface area contributed by atoms with Gasteiger partial charge in [0, 0.05) is 49.2 Å². The molecule has 2 aliphatic heterocycles. The van der Waals surface area contributed by atoms with Gasteiger partial charge in [0.15, 0.2) is 0 Å². The van der Waals surface area contributed by atoms with Crippen molar-refractivity contribution in [2.75, 3.05) is 0 Å². The van der Waals surface area contributed by atoms with Crippen molar-refractivity contribution < 1.29 is 0 Å². The second kappa shape index (κ2) is 12.9. The van der Waals surface area contributed by atoms with Crippen LogP contribution in [0.15, 0.2) is 182 Å². The Bertz CT molecular complexity index is 5040. The number of benzene rings is 11. The monoisotopic (exact) mass is 941 g/mol. The molecule has 11 aromatic carbocycles. The van der Waals surface area contributed by atoms with Gasteiger partial charge in [0.1, 0.15) is 0 Å². The second-order valence-corrected chi connectivity index (χ2v) is 24.0. The van der Waals surface area contributed by atoms with Gasteiger partial charge in [-0.2, -0.15) is 0 Å². The van der Waals surface area contributed by atoms with E-state index in [-0.39, 0.29) is 17.5 Å². The maximum absolute atomic E-state index is 2.71. The van der Waals surface area contributed by atoms with E-state index in [0.717, 1.165) is 0 Å². The van der Waals surface area contributed by atoms with Crippen LogP contribution in [-0.4, -0.2) is 20.4 Å². The summed E-state index contributed by atoms with van der Waals surface area (Å²) in [5.41, 5.74) is 28.5. The Hall–Kier alpha value is -8.60. The second-order valence-electron chi connectivity index (χ2n) is 24.0. The van der Waals surface area contributed by atoms with Gasteiger partial charge in [0.25, 0.3) is 6.71 Å². The first-order valence-corrected chi connectivity index (χ1v) is 26.5. The molecule has 346 valence electrons. The molecule has 0 saturated carbocycles. The number of aromatic nitrogens is 3. The topological polar surface area (TPSA) is 14.8 Å². The highest BCUT2D eigenvalue weighted by Crippen LogP contribution is 2.53. The van der Waals surface area contributed by atoms with Gasteiger partial charge < -0.3 is 13.7 Å². The third-order valence-electron chi connectivity index (χ3n) is 18.2. The average molecular weight is 942 g/mol. The van der Waals surface area contributed by atoms with Crippen molar-refractivity contribution in [3.05, 3.63) is 193 Å². The molecule has 0 saturated heterocycles. The van der Waals surface area contributed by atoms with Gasteiger partial charge in [-0.25, -0.2) is 0 Å². The molecule has 0 spiro atoms. The van der Waals surface area contributed by atoms with Crippen LogP contribution in [0, 0.1) is 0 Å². The minimum atomic E-state index is -0.0727. The van der Waals surface area contributed by atoms with E-state index in [1.807, 2.05) is 0 Å². The first-order valence-electron chi connectivity index (χ1n) is 26.5. The molecule has 14 aromatic rings. The van der Waals surface area contributed by atoms with Crippen molar-refractivity contribution >= 4 is 110 Å². The molecule has 3 nitrogen and oxygen atoms in total. The molecule has 2 aliphatic carbocycles. The largest absolute Gasteiger partial charge is 0.310 e. The van der Waals surface area contributed by atoms with Crippen LogP contribution in [0.25, 0.3) is 149 Å². The van der Waals surface area contributed by atoms with Crippen LogP contribution < -0.4 is 16.4 Å². The highest BCUT2D eigenvalue weighted by Gasteiger charge is 2.43. The van der Waals surface area contributed by atoms with Gasteiger partial charge in [0.2, 0.25) is 0 Å². The number of fused-ring (bicyclic) bond motifs is 14. The van der Waals surface area contributed by atoms with Gasteiger partial charge in [0.05, 0.1) is 33.3 Å². The molecule has 4 aliphatic rings. The van der Waals surface area contributed by atoms with Gasteiger partial charge in [-0.05, 0) is 153 Å². The quantitative estimate of drug-likeness (QED) is 0.146. The lowest BCUT2D eigenvalue weighted by Crippen LogP contribution is -2.59. The Labute approximate surface area is 428 Å². The number of rotatable bonds is 1. The molecule has 0 atom stereocenters. The molecule has 0 bridgehead atoms. The van der Waals surface area contributed by atoms with Gasteiger partial charge in [-0.15, -0.1) is 0 Å². The predicted octanol–water partition coefficient (Wildman–Crippen LogP) is 16.3. The third kappa shape index (κ3) is 4.61. The molecule has 0 N–H and O–H groups in total. The van der Waals surface area contributed by atoms with Crippen molar-refractivity contribution in [3.8, 4) is 61.6 Å². The molecule has 0 amide bonds. The summed E-state index contributed by atoms with van der Waals surface area (Å²) in [6.45, 7) is 14.2. The van der Waals surface area contributed by atoms with E-state index in [1.165, 1.54) is 176 Å². The van der Waals surface area contributed by atoms with E-state index in [2.05, 4.69) is 237 Å². The van der Waals surface area contributed by atoms with Crippen LogP contribution in [0.3, 0.4) is 0 Å². The minimum absolute atomic E-state index is 0.00815. The molecular formula is C70H48BN3. The summed E-state index contributed by atoms with van der Waals surface area (Å²) in [5, 5.41) is 13.3. The fraction of sp³-hybridized carbons (Fsp3) is 0.114. The van der Waals surface area contributed by atoms with E-state index in [0.29, 0.717) is 0 Å². The zero-order valence-electron chi connectivity index (χ0n) is 42.2. The first kappa shape index (κ1) is 40.0. The zero-order chi connectivity index (χ0) is 49.0. The van der Waals surface area contributed by atoms with E-state index in [4.69, 9.17) is 0 Å². The van der Waals surface area contributed by atoms with Crippen LogP contribution in [-0.2, 0) is 10.8 Å². The number of hydrogen-bond donors (Lipinski definition) is 0. The Balaban J connectivity index is 1.07. The standard InChI is InChI=1S/C70H48BN3/c1-69(2,3)39-26-31-54-50(32-39)51-33-40(70(4,5)6)34-53-67(51)73(54)58-35-41(72-55-23-13-22-48-44-18-9-7-16-42(44)46-20-11-14-37-24-29-56(72)64(60(37)46)62(48)55)36-59-66(58)71(53)52-28-27-49-45-19-10-8-17-43(45)47-21-12-15-38-25-30-57-65(61(38)47)63(49)68(52)74(57)59/h7-36H,1-6H3. The summed E-state index contributed by atoms with van der Waals surface area (Å²) in [7, 11) is 0. The van der Waals surface area contributed by atoms with Gasteiger partial charge >= 0.3 is 0 Å². The molecule has 4 heteroatoms. The maximum atomic E-state index is 2.71. The van der Waals surface area contributed by atoms with Crippen molar-refractivity contribution in [1.29, 1.82) is 0 Å².